The smallest absolute Gasteiger partial charge is 0.272 e. The van der Waals surface area contributed by atoms with Crippen molar-refractivity contribution in [2.75, 3.05) is 26.7 Å². The molecule has 1 saturated heterocycles. The predicted molar refractivity (Wildman–Crippen MR) is 74.4 cm³/mol. The average molecular weight is 279 g/mol. The van der Waals surface area contributed by atoms with Gasteiger partial charge >= 0.3 is 0 Å². The highest BCUT2D eigenvalue weighted by atomic mass is 16.2. The zero-order chi connectivity index (χ0) is 14.7. The van der Waals surface area contributed by atoms with Gasteiger partial charge in [0.2, 0.25) is 5.91 Å². The van der Waals surface area contributed by atoms with Gasteiger partial charge in [0.25, 0.3) is 5.91 Å². The van der Waals surface area contributed by atoms with Gasteiger partial charge in [-0.05, 0) is 19.9 Å². The zero-order valence-corrected chi connectivity index (χ0v) is 12.1. The minimum Gasteiger partial charge on any atom is -0.357 e. The summed E-state index contributed by atoms with van der Waals surface area (Å²) >= 11 is 0. The summed E-state index contributed by atoms with van der Waals surface area (Å²) in [6.45, 7) is 6.12. The van der Waals surface area contributed by atoms with Crippen LogP contribution in [-0.4, -0.2) is 59.2 Å². The predicted octanol–water partition coefficient (Wildman–Crippen LogP) is -0.629. The molecule has 2 rings (SSSR count). The lowest BCUT2D eigenvalue weighted by Gasteiger charge is -2.34. The van der Waals surface area contributed by atoms with Crippen LogP contribution in [0.5, 0.6) is 0 Å². The van der Waals surface area contributed by atoms with Crippen LogP contribution in [0, 0.1) is 6.92 Å². The third kappa shape index (κ3) is 2.67. The molecule has 2 N–H and O–H groups in total. The molecule has 2 amide bonds. The van der Waals surface area contributed by atoms with E-state index in [2.05, 4.69) is 15.7 Å². The molecule has 7 nitrogen and oxygen atoms in total. The van der Waals surface area contributed by atoms with Crippen LogP contribution < -0.4 is 10.6 Å². The number of piperazine rings is 1. The fourth-order valence-electron chi connectivity index (χ4n) is 2.45. The van der Waals surface area contributed by atoms with E-state index in [1.54, 1.807) is 22.7 Å². The summed E-state index contributed by atoms with van der Waals surface area (Å²) in [6, 6.07) is 1.30. The van der Waals surface area contributed by atoms with Crippen molar-refractivity contribution in [1.82, 2.24) is 25.3 Å². The molecule has 0 radical (unpaired) electrons. The SMILES string of the molecule is CCn1nc(C)cc1C(=O)N1CCNCC1C(=O)NC. The van der Waals surface area contributed by atoms with Gasteiger partial charge in [0.05, 0.1) is 5.69 Å². The summed E-state index contributed by atoms with van der Waals surface area (Å²) in [5.74, 6) is -0.285. The summed E-state index contributed by atoms with van der Waals surface area (Å²) in [7, 11) is 1.58. The lowest BCUT2D eigenvalue weighted by atomic mass is 10.1. The highest BCUT2D eigenvalue weighted by molar-refractivity contribution is 5.96. The number of aryl methyl sites for hydroxylation is 2. The number of nitrogens with zero attached hydrogens (tertiary/aromatic N) is 3. The first-order chi connectivity index (χ1) is 9.58. The van der Waals surface area contributed by atoms with Crippen molar-refractivity contribution in [3.8, 4) is 0 Å². The Bertz CT molecular complexity index is 511. The third-order valence-corrected chi connectivity index (χ3v) is 3.47. The molecular formula is C13H21N5O2. The van der Waals surface area contributed by atoms with Crippen molar-refractivity contribution in [1.29, 1.82) is 0 Å². The van der Waals surface area contributed by atoms with Crippen molar-refractivity contribution < 1.29 is 9.59 Å². The molecule has 2 heterocycles. The molecule has 1 unspecified atom stereocenters. The molecule has 0 aliphatic carbocycles. The van der Waals surface area contributed by atoms with Crippen molar-refractivity contribution >= 4 is 11.8 Å². The van der Waals surface area contributed by atoms with Gasteiger partial charge in [-0.25, -0.2) is 0 Å². The van der Waals surface area contributed by atoms with E-state index in [1.165, 1.54) is 0 Å². The van der Waals surface area contributed by atoms with Gasteiger partial charge in [0, 0.05) is 33.2 Å². The van der Waals surface area contributed by atoms with Crippen LogP contribution in [0.25, 0.3) is 0 Å². The van der Waals surface area contributed by atoms with Crippen LogP contribution in [0.4, 0.5) is 0 Å². The van der Waals surface area contributed by atoms with E-state index in [0.717, 1.165) is 5.69 Å². The second-order valence-corrected chi connectivity index (χ2v) is 4.82. The van der Waals surface area contributed by atoms with Crippen LogP contribution >= 0.6 is 0 Å². The number of rotatable bonds is 3. The van der Waals surface area contributed by atoms with Gasteiger partial charge < -0.3 is 15.5 Å². The fourth-order valence-corrected chi connectivity index (χ4v) is 2.45. The standard InChI is InChI=1S/C13H21N5O2/c1-4-18-10(7-9(2)16-18)13(20)17-6-5-15-8-11(17)12(19)14-3/h7,11,15H,4-6,8H2,1-3H3,(H,14,19). The molecule has 1 fully saturated rings. The minimum absolute atomic E-state index is 0.137. The molecule has 1 aliphatic rings. The molecule has 0 aromatic carbocycles. The Hall–Kier alpha value is -1.89. The molecule has 20 heavy (non-hydrogen) atoms. The van der Waals surface area contributed by atoms with Gasteiger partial charge in [0.1, 0.15) is 11.7 Å². The Morgan fingerprint density at radius 3 is 2.95 bits per heavy atom. The molecule has 1 aliphatic heterocycles. The average Bonchev–Trinajstić information content (AvgIpc) is 2.86. The van der Waals surface area contributed by atoms with E-state index in [9.17, 15) is 9.59 Å². The first-order valence-corrected chi connectivity index (χ1v) is 6.86. The molecule has 1 atom stereocenters. The Morgan fingerprint density at radius 1 is 1.55 bits per heavy atom. The Morgan fingerprint density at radius 2 is 2.30 bits per heavy atom. The first kappa shape index (κ1) is 14.5. The molecule has 7 heteroatoms. The lowest BCUT2D eigenvalue weighted by Crippen LogP contribution is -2.59. The number of hydrogen-bond donors (Lipinski definition) is 2. The summed E-state index contributed by atoms with van der Waals surface area (Å²) in [5, 5.41) is 10.0. The van der Waals surface area contributed by atoms with Gasteiger partial charge in [-0.3, -0.25) is 14.3 Å². The van der Waals surface area contributed by atoms with Crippen LogP contribution in [-0.2, 0) is 11.3 Å². The maximum absolute atomic E-state index is 12.7. The summed E-state index contributed by atoms with van der Waals surface area (Å²) in [4.78, 5) is 26.2. The number of hydrogen-bond acceptors (Lipinski definition) is 4. The fraction of sp³-hybridized carbons (Fsp3) is 0.615. The van der Waals surface area contributed by atoms with Crippen molar-refractivity contribution in [3.05, 3.63) is 17.5 Å². The van der Waals surface area contributed by atoms with Crippen molar-refractivity contribution in [3.63, 3.8) is 0 Å². The summed E-state index contributed by atoms with van der Waals surface area (Å²) < 4.78 is 1.68. The van der Waals surface area contributed by atoms with Gasteiger partial charge in [-0.15, -0.1) is 0 Å². The van der Waals surface area contributed by atoms with Crippen LogP contribution in [0.2, 0.25) is 0 Å². The molecule has 0 saturated carbocycles. The highest BCUT2D eigenvalue weighted by Crippen LogP contribution is 2.12. The Balaban J connectivity index is 2.27. The molecular weight excluding hydrogens is 258 g/mol. The number of carbonyl (C=O) groups excluding carboxylic acids is 2. The summed E-state index contributed by atoms with van der Waals surface area (Å²) in [5.41, 5.74) is 1.35. The second-order valence-electron chi connectivity index (χ2n) is 4.82. The highest BCUT2D eigenvalue weighted by Gasteiger charge is 2.33. The maximum Gasteiger partial charge on any atom is 0.272 e. The first-order valence-electron chi connectivity index (χ1n) is 6.86. The number of nitrogens with one attached hydrogen (secondary N) is 2. The molecule has 110 valence electrons. The minimum atomic E-state index is -0.471. The molecule has 1 aromatic heterocycles. The monoisotopic (exact) mass is 279 g/mol. The van der Waals surface area contributed by atoms with Crippen molar-refractivity contribution in [2.45, 2.75) is 26.4 Å². The number of aromatic nitrogens is 2. The van der Waals surface area contributed by atoms with Gasteiger partial charge in [0.15, 0.2) is 0 Å². The molecule has 1 aromatic rings. The molecule has 0 spiro atoms. The van der Waals surface area contributed by atoms with E-state index < -0.39 is 6.04 Å². The number of carbonyl (C=O) groups is 2. The van der Waals surface area contributed by atoms with E-state index in [1.807, 2.05) is 13.8 Å². The third-order valence-electron chi connectivity index (χ3n) is 3.47. The normalized spacial score (nSPS) is 18.9. The summed E-state index contributed by atoms with van der Waals surface area (Å²) in [6.07, 6.45) is 0. The van der Waals surface area contributed by atoms with Gasteiger partial charge in [-0.1, -0.05) is 0 Å². The topological polar surface area (TPSA) is 79.3 Å². The van der Waals surface area contributed by atoms with E-state index in [0.29, 0.717) is 31.9 Å². The Kier molecular flexibility index (Phi) is 4.39. The largest absolute Gasteiger partial charge is 0.357 e. The quantitative estimate of drug-likeness (QED) is 0.772. The van der Waals surface area contributed by atoms with E-state index in [-0.39, 0.29) is 11.8 Å². The number of amides is 2. The van der Waals surface area contributed by atoms with Gasteiger partial charge in [-0.2, -0.15) is 5.10 Å². The van der Waals surface area contributed by atoms with Crippen LogP contribution in [0.15, 0.2) is 6.07 Å². The lowest BCUT2D eigenvalue weighted by molar-refractivity contribution is -0.125. The number of likely N-dealkylation sites (N-methyl/N-ethyl adjacent to an activating group) is 1. The van der Waals surface area contributed by atoms with Crippen LogP contribution in [0.3, 0.4) is 0 Å². The Labute approximate surface area is 118 Å². The zero-order valence-electron chi connectivity index (χ0n) is 12.1. The maximum atomic E-state index is 12.7. The molecule has 0 bridgehead atoms. The van der Waals surface area contributed by atoms with E-state index >= 15 is 0 Å². The van der Waals surface area contributed by atoms with E-state index in [4.69, 9.17) is 0 Å². The van der Waals surface area contributed by atoms with Crippen molar-refractivity contribution in [2.24, 2.45) is 0 Å². The van der Waals surface area contributed by atoms with Crippen LogP contribution in [0.1, 0.15) is 23.1 Å². The second kappa shape index (κ2) is 6.04.